The van der Waals surface area contributed by atoms with Crippen molar-refractivity contribution in [1.82, 2.24) is 0 Å². The van der Waals surface area contributed by atoms with Gasteiger partial charge in [0.15, 0.2) is 22.4 Å². The van der Waals surface area contributed by atoms with E-state index in [1.54, 1.807) is 36.4 Å². The van der Waals surface area contributed by atoms with E-state index in [0.29, 0.717) is 26.4 Å². The summed E-state index contributed by atoms with van der Waals surface area (Å²) in [6, 6.07) is 23.7. The number of rotatable bonds is 7. The minimum absolute atomic E-state index is 0.166. The zero-order chi connectivity index (χ0) is 23.2. The van der Waals surface area contributed by atoms with Crippen LogP contribution in [0.5, 0.6) is 11.5 Å². The van der Waals surface area contributed by atoms with E-state index in [9.17, 15) is 9.59 Å². The normalized spacial score (nSPS) is 14.5. The van der Waals surface area contributed by atoms with Crippen molar-refractivity contribution in [2.24, 2.45) is 0 Å². The number of hydrogen-bond donors (Lipinski definition) is 1. The van der Waals surface area contributed by atoms with Crippen LogP contribution >= 0.6 is 24.0 Å². The third-order valence-corrected chi connectivity index (χ3v) is 6.01. The predicted octanol–water partition coefficient (Wildman–Crippen LogP) is 5.12. The molecule has 0 radical (unpaired) electrons. The Bertz CT molecular complexity index is 1210. The van der Waals surface area contributed by atoms with Crippen molar-refractivity contribution in [3.63, 3.8) is 0 Å². The molecule has 1 saturated heterocycles. The van der Waals surface area contributed by atoms with Gasteiger partial charge in [-0.15, -0.1) is 0 Å². The quantitative estimate of drug-likeness (QED) is 0.377. The second-order valence-corrected chi connectivity index (χ2v) is 8.64. The Hall–Kier alpha value is -3.62. The number of thioether (sulfide) groups is 1. The summed E-state index contributed by atoms with van der Waals surface area (Å²) in [6.45, 7) is -0.166. The zero-order valence-electron chi connectivity index (χ0n) is 17.7. The van der Waals surface area contributed by atoms with E-state index in [0.717, 1.165) is 11.3 Å². The number of nitrogens with one attached hydrogen (secondary N) is 1. The summed E-state index contributed by atoms with van der Waals surface area (Å²) >= 11 is 6.66. The van der Waals surface area contributed by atoms with Crippen molar-refractivity contribution < 1.29 is 19.1 Å². The van der Waals surface area contributed by atoms with Crippen molar-refractivity contribution in [3.8, 4) is 11.5 Å². The summed E-state index contributed by atoms with van der Waals surface area (Å²) < 4.78 is 11.5. The average molecular weight is 477 g/mol. The Kier molecular flexibility index (Phi) is 7.07. The number of para-hydroxylation sites is 2. The van der Waals surface area contributed by atoms with Crippen LogP contribution in [0.1, 0.15) is 5.56 Å². The molecule has 8 heteroatoms. The van der Waals surface area contributed by atoms with Crippen molar-refractivity contribution in [3.05, 3.63) is 89.3 Å². The lowest BCUT2D eigenvalue weighted by molar-refractivity contribution is -0.118. The minimum Gasteiger partial charge on any atom is -0.493 e. The number of methoxy groups -OCH3 is 1. The Balaban J connectivity index is 1.45. The first kappa shape index (κ1) is 22.6. The summed E-state index contributed by atoms with van der Waals surface area (Å²) in [5.74, 6) is 0.425. The van der Waals surface area contributed by atoms with Crippen LogP contribution in [0.4, 0.5) is 11.4 Å². The van der Waals surface area contributed by atoms with Crippen molar-refractivity contribution in [2.45, 2.75) is 0 Å². The van der Waals surface area contributed by atoms with Crippen LogP contribution in [-0.4, -0.2) is 29.9 Å². The van der Waals surface area contributed by atoms with E-state index in [2.05, 4.69) is 5.32 Å². The molecule has 0 aromatic heterocycles. The molecular formula is C25H20N2O4S2. The lowest BCUT2D eigenvalue weighted by atomic mass is 10.2. The first-order valence-electron chi connectivity index (χ1n) is 10.0. The van der Waals surface area contributed by atoms with Gasteiger partial charge in [0.25, 0.3) is 11.8 Å². The molecule has 3 aromatic carbocycles. The molecule has 0 spiro atoms. The van der Waals surface area contributed by atoms with Gasteiger partial charge in [0.1, 0.15) is 0 Å². The van der Waals surface area contributed by atoms with Gasteiger partial charge in [0.2, 0.25) is 0 Å². The summed E-state index contributed by atoms with van der Waals surface area (Å²) in [7, 11) is 1.52. The fourth-order valence-corrected chi connectivity index (χ4v) is 4.47. The van der Waals surface area contributed by atoms with Gasteiger partial charge in [0, 0.05) is 5.69 Å². The number of amides is 2. The lowest BCUT2D eigenvalue weighted by Crippen LogP contribution is -2.27. The Labute approximate surface area is 201 Å². The zero-order valence-corrected chi connectivity index (χ0v) is 19.3. The number of thiocarbonyl (C=S) groups is 1. The molecule has 6 nitrogen and oxygen atoms in total. The smallest absolute Gasteiger partial charge is 0.270 e. The number of carbonyl (C=O) groups is 2. The number of ether oxygens (including phenoxy) is 2. The third kappa shape index (κ3) is 5.42. The van der Waals surface area contributed by atoms with E-state index in [1.807, 2.05) is 48.5 Å². The van der Waals surface area contributed by atoms with Crippen LogP contribution in [0.3, 0.4) is 0 Å². The van der Waals surface area contributed by atoms with Gasteiger partial charge in [-0.3, -0.25) is 14.5 Å². The van der Waals surface area contributed by atoms with Gasteiger partial charge in [-0.05, 0) is 48.0 Å². The second kappa shape index (κ2) is 10.3. The van der Waals surface area contributed by atoms with E-state index in [4.69, 9.17) is 21.7 Å². The van der Waals surface area contributed by atoms with Crippen LogP contribution in [0.2, 0.25) is 0 Å². The molecule has 2 amide bonds. The molecular weight excluding hydrogens is 456 g/mol. The van der Waals surface area contributed by atoms with Gasteiger partial charge in [-0.25, -0.2) is 0 Å². The molecule has 0 saturated carbocycles. The fourth-order valence-electron chi connectivity index (χ4n) is 3.17. The highest BCUT2D eigenvalue weighted by molar-refractivity contribution is 8.27. The molecule has 1 N–H and O–H groups in total. The Morgan fingerprint density at radius 2 is 1.73 bits per heavy atom. The van der Waals surface area contributed by atoms with Crippen LogP contribution in [0.25, 0.3) is 6.08 Å². The van der Waals surface area contributed by atoms with E-state index in [-0.39, 0.29) is 18.4 Å². The van der Waals surface area contributed by atoms with Crippen LogP contribution < -0.4 is 19.7 Å². The molecule has 4 rings (SSSR count). The molecule has 166 valence electrons. The number of carbonyl (C=O) groups excluding carboxylic acids is 2. The van der Waals surface area contributed by atoms with Crippen LogP contribution in [0, 0.1) is 0 Å². The van der Waals surface area contributed by atoms with E-state index < -0.39 is 0 Å². The summed E-state index contributed by atoms with van der Waals surface area (Å²) in [4.78, 5) is 27.1. The highest BCUT2D eigenvalue weighted by Gasteiger charge is 2.33. The minimum atomic E-state index is -0.281. The monoisotopic (exact) mass is 476 g/mol. The first-order chi connectivity index (χ1) is 16.0. The summed E-state index contributed by atoms with van der Waals surface area (Å²) in [5.41, 5.74) is 2.18. The molecule has 1 heterocycles. The van der Waals surface area contributed by atoms with Gasteiger partial charge in [0.05, 0.1) is 17.7 Å². The topological polar surface area (TPSA) is 67.9 Å². The summed E-state index contributed by atoms with van der Waals surface area (Å²) in [6.07, 6.45) is 1.76. The Morgan fingerprint density at radius 3 is 2.42 bits per heavy atom. The number of benzene rings is 3. The van der Waals surface area contributed by atoms with Gasteiger partial charge in [-0.1, -0.05) is 66.4 Å². The molecule has 0 atom stereocenters. The molecule has 0 unspecified atom stereocenters. The molecule has 1 aliphatic heterocycles. The van der Waals surface area contributed by atoms with Gasteiger partial charge in [-0.2, -0.15) is 0 Å². The molecule has 33 heavy (non-hydrogen) atoms. The largest absolute Gasteiger partial charge is 0.493 e. The predicted molar refractivity (Wildman–Crippen MR) is 136 cm³/mol. The standard InChI is InChI=1S/C25H20N2O4S2/c1-30-21-14-17(12-13-20(21)31-16-23(28)26-18-8-4-2-5-9-18)15-22-24(29)27(25(32)33-22)19-10-6-3-7-11-19/h2-15H,16H2,1H3,(H,26,28)/b22-15+. The maximum atomic E-state index is 12.9. The van der Waals surface area contributed by atoms with E-state index >= 15 is 0 Å². The number of anilines is 2. The van der Waals surface area contributed by atoms with Crippen LogP contribution in [0.15, 0.2) is 83.8 Å². The highest BCUT2D eigenvalue weighted by atomic mass is 32.2. The average Bonchev–Trinajstić information content (AvgIpc) is 3.11. The van der Waals surface area contributed by atoms with Crippen molar-refractivity contribution >= 4 is 57.6 Å². The van der Waals surface area contributed by atoms with E-state index in [1.165, 1.54) is 23.8 Å². The SMILES string of the molecule is COc1cc(/C=C2/SC(=S)N(c3ccccc3)C2=O)ccc1OCC(=O)Nc1ccccc1. The van der Waals surface area contributed by atoms with Crippen molar-refractivity contribution in [1.29, 1.82) is 0 Å². The molecule has 0 aliphatic carbocycles. The Morgan fingerprint density at radius 1 is 1.03 bits per heavy atom. The molecule has 0 bridgehead atoms. The second-order valence-electron chi connectivity index (χ2n) is 6.97. The fraction of sp³-hybridized carbons (Fsp3) is 0.0800. The molecule has 1 aliphatic rings. The van der Waals surface area contributed by atoms with Crippen molar-refractivity contribution in [2.75, 3.05) is 23.9 Å². The maximum Gasteiger partial charge on any atom is 0.270 e. The molecule has 1 fully saturated rings. The van der Waals surface area contributed by atoms with Gasteiger partial charge >= 0.3 is 0 Å². The number of nitrogens with zero attached hydrogens (tertiary/aromatic N) is 1. The first-order valence-corrected chi connectivity index (χ1v) is 11.3. The highest BCUT2D eigenvalue weighted by Crippen LogP contribution is 2.37. The summed E-state index contributed by atoms with van der Waals surface area (Å²) in [5, 5.41) is 2.76. The van der Waals surface area contributed by atoms with Crippen LogP contribution in [-0.2, 0) is 9.59 Å². The lowest BCUT2D eigenvalue weighted by Gasteiger charge is -2.14. The maximum absolute atomic E-state index is 12.9. The third-order valence-electron chi connectivity index (χ3n) is 4.71. The van der Waals surface area contributed by atoms with Gasteiger partial charge < -0.3 is 14.8 Å². The molecule has 3 aromatic rings. The number of hydrogen-bond acceptors (Lipinski definition) is 6.